The number of fused-ring (bicyclic) bond motifs is 1. The van der Waals surface area contributed by atoms with Crippen molar-refractivity contribution >= 4 is 11.8 Å². The van der Waals surface area contributed by atoms with Crippen LogP contribution in [0.5, 0.6) is 0 Å². The van der Waals surface area contributed by atoms with Crippen LogP contribution in [0.1, 0.15) is 46.8 Å². The average molecular weight is 314 g/mol. The van der Waals surface area contributed by atoms with Crippen LogP contribution in [-0.4, -0.2) is 33.8 Å². The quantitative estimate of drug-likeness (QED) is 0.681. The Morgan fingerprint density at radius 1 is 1.26 bits per heavy atom. The number of imidazole rings is 1. The second kappa shape index (κ2) is 5.22. The first-order valence-electron chi connectivity index (χ1n) is 7.35. The van der Waals surface area contributed by atoms with Crippen molar-refractivity contribution < 1.29 is 19.5 Å². The molecule has 3 rings (SSSR count). The fourth-order valence-corrected chi connectivity index (χ4v) is 2.95. The Labute approximate surface area is 133 Å². The van der Waals surface area contributed by atoms with Gasteiger partial charge in [-0.1, -0.05) is 26.0 Å². The molecule has 120 valence electrons. The first-order valence-corrected chi connectivity index (χ1v) is 7.35. The number of methoxy groups -OCH3 is 1. The first-order chi connectivity index (χ1) is 10.8. The highest BCUT2D eigenvalue weighted by atomic mass is 16.5. The van der Waals surface area contributed by atoms with E-state index in [-0.39, 0.29) is 16.9 Å². The molecule has 0 bridgehead atoms. The topological polar surface area (TPSA) is 81.4 Å². The third kappa shape index (κ3) is 2.60. The van der Waals surface area contributed by atoms with Gasteiger partial charge >= 0.3 is 5.97 Å². The molecule has 1 aliphatic carbocycles. The Hall–Kier alpha value is -2.63. The van der Waals surface area contributed by atoms with Crippen LogP contribution in [0.3, 0.4) is 0 Å². The molecular formula is C17H18N2O4. The molecule has 6 heteroatoms. The van der Waals surface area contributed by atoms with E-state index in [1.807, 2.05) is 13.8 Å². The third-order valence-electron chi connectivity index (χ3n) is 4.04. The molecule has 0 atom stereocenters. The van der Waals surface area contributed by atoms with E-state index in [1.54, 1.807) is 24.3 Å². The van der Waals surface area contributed by atoms with E-state index in [2.05, 4.69) is 9.72 Å². The second-order valence-corrected chi connectivity index (χ2v) is 6.55. The van der Waals surface area contributed by atoms with Crippen molar-refractivity contribution in [1.29, 1.82) is 0 Å². The SMILES string of the molecule is COC(=O)c1ccc(-c2nc3c(n2O)C(=O)CC(C)(C)C3)cc1. The van der Waals surface area contributed by atoms with Crippen LogP contribution in [-0.2, 0) is 11.2 Å². The highest BCUT2D eigenvalue weighted by Gasteiger charge is 2.36. The van der Waals surface area contributed by atoms with Crippen LogP contribution in [0.4, 0.5) is 0 Å². The highest BCUT2D eigenvalue weighted by Crippen LogP contribution is 2.36. The van der Waals surface area contributed by atoms with Gasteiger partial charge in [-0.2, -0.15) is 4.73 Å². The van der Waals surface area contributed by atoms with E-state index in [9.17, 15) is 14.8 Å². The predicted octanol–water partition coefficient (Wildman–Crippen LogP) is 2.73. The van der Waals surface area contributed by atoms with Crippen LogP contribution in [0.2, 0.25) is 0 Å². The van der Waals surface area contributed by atoms with E-state index in [0.717, 1.165) is 4.73 Å². The number of benzene rings is 1. The van der Waals surface area contributed by atoms with Gasteiger partial charge in [0.2, 0.25) is 0 Å². The Morgan fingerprint density at radius 3 is 2.52 bits per heavy atom. The maximum Gasteiger partial charge on any atom is 0.337 e. The molecule has 0 unspecified atom stereocenters. The molecule has 0 saturated carbocycles. The van der Waals surface area contributed by atoms with Crippen molar-refractivity contribution in [3.8, 4) is 11.4 Å². The Morgan fingerprint density at radius 2 is 1.91 bits per heavy atom. The van der Waals surface area contributed by atoms with Crippen LogP contribution in [0.15, 0.2) is 24.3 Å². The van der Waals surface area contributed by atoms with Crippen molar-refractivity contribution in [2.75, 3.05) is 7.11 Å². The number of ketones is 1. The molecule has 0 radical (unpaired) electrons. The maximum atomic E-state index is 12.3. The number of nitrogens with zero attached hydrogens (tertiary/aromatic N) is 2. The van der Waals surface area contributed by atoms with E-state index < -0.39 is 5.97 Å². The lowest BCUT2D eigenvalue weighted by atomic mass is 9.77. The van der Waals surface area contributed by atoms with Crippen LogP contribution in [0, 0.1) is 5.41 Å². The fourth-order valence-electron chi connectivity index (χ4n) is 2.95. The minimum Gasteiger partial charge on any atom is -0.465 e. The van der Waals surface area contributed by atoms with Crippen molar-refractivity contribution in [1.82, 2.24) is 9.71 Å². The summed E-state index contributed by atoms with van der Waals surface area (Å²) in [4.78, 5) is 28.2. The van der Waals surface area contributed by atoms with Crippen molar-refractivity contribution in [3.05, 3.63) is 41.2 Å². The number of aromatic nitrogens is 2. The largest absolute Gasteiger partial charge is 0.465 e. The molecule has 0 saturated heterocycles. The molecule has 1 aliphatic rings. The number of hydrogen-bond acceptors (Lipinski definition) is 5. The fraction of sp³-hybridized carbons (Fsp3) is 0.353. The monoisotopic (exact) mass is 314 g/mol. The zero-order valence-corrected chi connectivity index (χ0v) is 13.3. The van der Waals surface area contributed by atoms with E-state index in [1.165, 1.54) is 7.11 Å². The molecule has 6 nitrogen and oxygen atoms in total. The number of hydrogen-bond donors (Lipinski definition) is 1. The lowest BCUT2D eigenvalue weighted by Gasteiger charge is -2.27. The zero-order valence-electron chi connectivity index (χ0n) is 13.3. The lowest BCUT2D eigenvalue weighted by Crippen LogP contribution is -2.28. The Balaban J connectivity index is 2.02. The van der Waals surface area contributed by atoms with Crippen molar-refractivity contribution in [2.24, 2.45) is 5.41 Å². The van der Waals surface area contributed by atoms with Crippen LogP contribution in [0.25, 0.3) is 11.4 Å². The van der Waals surface area contributed by atoms with Crippen LogP contribution >= 0.6 is 0 Å². The number of esters is 1. The summed E-state index contributed by atoms with van der Waals surface area (Å²) in [6.07, 6.45) is 1.02. The smallest absolute Gasteiger partial charge is 0.337 e. The summed E-state index contributed by atoms with van der Waals surface area (Å²) in [5, 5.41) is 10.3. The standard InChI is InChI=1S/C17H18N2O4/c1-17(2)8-12-14(13(20)9-17)19(22)15(18-12)10-4-6-11(7-5-10)16(21)23-3/h4-7,22H,8-9H2,1-3H3. The highest BCUT2D eigenvalue weighted by molar-refractivity contribution is 5.98. The second-order valence-electron chi connectivity index (χ2n) is 6.55. The van der Waals surface area contributed by atoms with Gasteiger partial charge in [-0.05, 0) is 24.0 Å². The van der Waals surface area contributed by atoms with Gasteiger partial charge in [0, 0.05) is 12.0 Å². The van der Waals surface area contributed by atoms with Gasteiger partial charge in [0.05, 0.1) is 18.4 Å². The minimum atomic E-state index is -0.430. The molecule has 0 aliphatic heterocycles. The normalized spacial score (nSPS) is 16.0. The molecule has 0 amide bonds. The van der Waals surface area contributed by atoms with Gasteiger partial charge in [-0.25, -0.2) is 9.78 Å². The number of Topliss-reactive ketones (excluding diaryl/α,β-unsaturated/α-hetero) is 1. The lowest BCUT2D eigenvalue weighted by molar-refractivity contribution is 0.0600. The molecule has 1 aromatic carbocycles. The van der Waals surface area contributed by atoms with Crippen molar-refractivity contribution in [3.63, 3.8) is 0 Å². The number of ether oxygens (including phenoxy) is 1. The molecule has 0 spiro atoms. The zero-order chi connectivity index (χ0) is 16.8. The third-order valence-corrected chi connectivity index (χ3v) is 4.04. The predicted molar refractivity (Wildman–Crippen MR) is 82.6 cm³/mol. The van der Waals surface area contributed by atoms with Gasteiger partial charge in [-0.15, -0.1) is 0 Å². The first kappa shape index (κ1) is 15.3. The molecular weight excluding hydrogens is 296 g/mol. The average Bonchev–Trinajstić information content (AvgIpc) is 2.82. The molecule has 1 aromatic heterocycles. The van der Waals surface area contributed by atoms with Gasteiger partial charge < -0.3 is 9.94 Å². The molecule has 23 heavy (non-hydrogen) atoms. The van der Waals surface area contributed by atoms with Crippen LogP contribution < -0.4 is 0 Å². The number of carbonyl (C=O) groups is 2. The summed E-state index contributed by atoms with van der Waals surface area (Å²) in [5.41, 5.74) is 1.75. The van der Waals surface area contributed by atoms with Crippen molar-refractivity contribution in [2.45, 2.75) is 26.7 Å². The summed E-state index contributed by atoms with van der Waals surface area (Å²) < 4.78 is 5.52. The summed E-state index contributed by atoms with van der Waals surface area (Å²) in [6, 6.07) is 6.53. The van der Waals surface area contributed by atoms with E-state index in [4.69, 9.17) is 0 Å². The van der Waals surface area contributed by atoms with Gasteiger partial charge in [0.25, 0.3) is 0 Å². The Kier molecular flexibility index (Phi) is 3.47. The molecule has 0 fully saturated rings. The Bertz CT molecular complexity index is 788. The summed E-state index contributed by atoms with van der Waals surface area (Å²) in [5.74, 6) is -0.235. The van der Waals surface area contributed by atoms with Gasteiger partial charge in [0.15, 0.2) is 11.6 Å². The summed E-state index contributed by atoms with van der Waals surface area (Å²) in [7, 11) is 1.32. The summed E-state index contributed by atoms with van der Waals surface area (Å²) >= 11 is 0. The molecule has 1 heterocycles. The molecule has 2 aromatic rings. The van der Waals surface area contributed by atoms with E-state index >= 15 is 0 Å². The maximum absolute atomic E-state index is 12.3. The summed E-state index contributed by atoms with van der Waals surface area (Å²) in [6.45, 7) is 4.02. The van der Waals surface area contributed by atoms with Gasteiger partial charge in [-0.3, -0.25) is 4.79 Å². The molecule has 1 N–H and O–H groups in total. The number of carbonyl (C=O) groups excluding carboxylic acids is 2. The van der Waals surface area contributed by atoms with Gasteiger partial charge in [0.1, 0.15) is 5.69 Å². The number of rotatable bonds is 2. The van der Waals surface area contributed by atoms with E-state index in [0.29, 0.717) is 35.5 Å². The minimum absolute atomic E-state index is 0.108.